The first-order chi connectivity index (χ1) is 10.5. The maximum absolute atomic E-state index is 11.8. The smallest absolute Gasteiger partial charge is 0.606 e. The van der Waals surface area contributed by atoms with Gasteiger partial charge >= 0.3 is 18.9 Å². The van der Waals surface area contributed by atoms with Crippen LogP contribution in [0.5, 0.6) is 0 Å². The average Bonchev–Trinajstić information content (AvgIpc) is 2.48. The molecule has 0 unspecified atom stereocenters. The monoisotopic (exact) mass is 301 g/mol. The van der Waals surface area contributed by atoms with Crippen LogP contribution in [-0.2, 0) is 4.74 Å². The zero-order valence-electron chi connectivity index (χ0n) is 14.1. The molecule has 0 aliphatic rings. The van der Waals surface area contributed by atoms with Gasteiger partial charge in [-0.15, -0.1) is 0 Å². The normalized spacial score (nSPS) is 11.3. The van der Waals surface area contributed by atoms with Crippen molar-refractivity contribution in [1.82, 2.24) is 0 Å². The summed E-state index contributed by atoms with van der Waals surface area (Å²) < 4.78 is 5.26. The van der Waals surface area contributed by atoms with Gasteiger partial charge in [0.05, 0.1) is 11.7 Å². The molecule has 3 nitrogen and oxygen atoms in total. The Bertz CT molecular complexity index is 617. The van der Waals surface area contributed by atoms with Crippen molar-refractivity contribution < 1.29 is 28.7 Å². The first kappa shape index (κ1) is 19.1. The van der Waals surface area contributed by atoms with Gasteiger partial charge in [-0.1, -0.05) is 81.4 Å². The maximum Gasteiger partial charge on any atom is 1.00 e. The molecule has 2 aromatic rings. The molecule has 2 rings (SSSR count). The summed E-state index contributed by atoms with van der Waals surface area (Å²) in [6, 6.07) is 19.5. The third kappa shape index (κ3) is 6.36. The predicted octanol–water partition coefficient (Wildman–Crippen LogP) is 0.502. The van der Waals surface area contributed by atoms with E-state index in [1.54, 1.807) is 0 Å². The molecule has 0 N–H and O–H groups in total. The van der Waals surface area contributed by atoms with Crippen LogP contribution in [0.2, 0.25) is 0 Å². The van der Waals surface area contributed by atoms with Crippen LogP contribution in [0.4, 0.5) is 0 Å². The Morgan fingerprint density at radius 2 is 1.35 bits per heavy atom. The van der Waals surface area contributed by atoms with Crippen molar-refractivity contribution in [3.8, 4) is 0 Å². The second-order valence-electron chi connectivity index (χ2n) is 5.87. The molecule has 0 spiro atoms. The van der Waals surface area contributed by atoms with Crippen LogP contribution in [-0.4, -0.2) is 11.3 Å². The fraction of sp³-hybridized carbons (Fsp3) is 0.211. The second-order valence-corrected chi connectivity index (χ2v) is 5.87. The fourth-order valence-electron chi connectivity index (χ4n) is 1.95. The zero-order chi connectivity index (χ0) is 16.0. The van der Waals surface area contributed by atoms with Gasteiger partial charge in [0.25, 0.3) is 0 Å². The maximum atomic E-state index is 11.8. The Morgan fingerprint density at radius 1 is 0.913 bits per heavy atom. The third-order valence-electron chi connectivity index (χ3n) is 2.80. The SMILES string of the molecule is CC(C)(C)OC([O-])=CN=C(c1ccccc1)c1ccccc1.[Li+]. The molecule has 0 aromatic heterocycles. The molecule has 2 aromatic carbocycles. The first-order valence-electron chi connectivity index (χ1n) is 7.20. The molecule has 114 valence electrons. The molecule has 23 heavy (non-hydrogen) atoms. The van der Waals surface area contributed by atoms with Gasteiger partial charge in [-0.25, -0.2) is 0 Å². The van der Waals surface area contributed by atoms with E-state index in [-0.39, 0.29) is 18.9 Å². The number of ether oxygens (including phenoxy) is 1. The molecule has 0 saturated heterocycles. The summed E-state index contributed by atoms with van der Waals surface area (Å²) in [5.74, 6) is -0.447. The van der Waals surface area contributed by atoms with Crippen molar-refractivity contribution in [3.63, 3.8) is 0 Å². The van der Waals surface area contributed by atoms with Gasteiger partial charge in [0, 0.05) is 22.9 Å². The van der Waals surface area contributed by atoms with E-state index in [2.05, 4.69) is 4.99 Å². The molecular weight excluding hydrogens is 281 g/mol. The number of rotatable bonds is 4. The second kappa shape index (κ2) is 8.62. The van der Waals surface area contributed by atoms with Crippen molar-refractivity contribution in [2.24, 2.45) is 4.99 Å². The van der Waals surface area contributed by atoms with Gasteiger partial charge < -0.3 is 9.84 Å². The van der Waals surface area contributed by atoms with Crippen LogP contribution in [0.25, 0.3) is 0 Å². The summed E-state index contributed by atoms with van der Waals surface area (Å²) in [4.78, 5) is 4.37. The molecule has 0 fully saturated rings. The summed E-state index contributed by atoms with van der Waals surface area (Å²) in [6.07, 6.45) is 1.24. The number of hydrogen-bond acceptors (Lipinski definition) is 3. The molecule has 4 heteroatoms. The van der Waals surface area contributed by atoms with Crippen LogP contribution < -0.4 is 24.0 Å². The number of hydrogen-bond donors (Lipinski definition) is 0. The van der Waals surface area contributed by atoms with E-state index < -0.39 is 11.5 Å². The van der Waals surface area contributed by atoms with E-state index in [9.17, 15) is 5.11 Å². The fourth-order valence-corrected chi connectivity index (χ4v) is 1.95. The van der Waals surface area contributed by atoms with Crippen LogP contribution in [0.3, 0.4) is 0 Å². The summed E-state index contributed by atoms with van der Waals surface area (Å²) >= 11 is 0. The third-order valence-corrected chi connectivity index (χ3v) is 2.80. The molecule has 0 heterocycles. The minimum atomic E-state index is -0.525. The van der Waals surface area contributed by atoms with E-state index in [0.717, 1.165) is 16.8 Å². The van der Waals surface area contributed by atoms with E-state index >= 15 is 0 Å². The first-order valence-corrected chi connectivity index (χ1v) is 7.20. The largest absolute Gasteiger partial charge is 1.00 e. The summed E-state index contributed by atoms with van der Waals surface area (Å²) in [6.45, 7) is 5.49. The van der Waals surface area contributed by atoms with Gasteiger partial charge in [0.1, 0.15) is 0 Å². The molecular formula is C19H20LiNO2. The number of benzene rings is 2. The van der Waals surface area contributed by atoms with Crippen molar-refractivity contribution in [2.75, 3.05) is 0 Å². The summed E-state index contributed by atoms with van der Waals surface area (Å²) in [5.41, 5.74) is 2.12. The minimum Gasteiger partial charge on any atom is -0.606 e. The average molecular weight is 301 g/mol. The molecule has 0 bridgehead atoms. The molecule has 0 amide bonds. The molecule has 0 radical (unpaired) electrons. The summed E-state index contributed by atoms with van der Waals surface area (Å²) in [5, 5.41) is 11.8. The van der Waals surface area contributed by atoms with Crippen molar-refractivity contribution in [3.05, 3.63) is 83.9 Å². The Labute approximate surface area is 149 Å². The van der Waals surface area contributed by atoms with Crippen LogP contribution in [0.15, 0.2) is 77.8 Å². The Morgan fingerprint density at radius 3 is 1.74 bits per heavy atom. The molecule has 0 atom stereocenters. The predicted molar refractivity (Wildman–Crippen MR) is 87.4 cm³/mol. The Hall–Kier alpha value is -1.95. The van der Waals surface area contributed by atoms with E-state index in [0.29, 0.717) is 0 Å². The van der Waals surface area contributed by atoms with Gasteiger partial charge in [-0.2, -0.15) is 0 Å². The topological polar surface area (TPSA) is 44.6 Å². The van der Waals surface area contributed by atoms with Crippen LogP contribution >= 0.6 is 0 Å². The standard InChI is InChI=1S/C19H21NO2.Li/c1-19(2,3)22-17(21)14-20-18(15-10-6-4-7-11-15)16-12-8-5-9-13-16;/h4-14,21H,1-3H3;/q;+1/p-1. The minimum absolute atomic E-state index is 0. The van der Waals surface area contributed by atoms with Gasteiger partial charge in [-0.3, -0.25) is 4.99 Å². The van der Waals surface area contributed by atoms with Crippen LogP contribution in [0, 0.1) is 0 Å². The molecule has 0 aliphatic heterocycles. The van der Waals surface area contributed by atoms with Crippen LogP contribution in [0.1, 0.15) is 31.9 Å². The molecule has 0 aliphatic carbocycles. The van der Waals surface area contributed by atoms with Gasteiger partial charge in [-0.05, 0) is 0 Å². The molecule has 0 saturated carbocycles. The van der Waals surface area contributed by atoms with E-state index in [4.69, 9.17) is 4.74 Å². The van der Waals surface area contributed by atoms with Crippen molar-refractivity contribution in [2.45, 2.75) is 26.4 Å². The number of aliphatic imine (C=N–C) groups is 1. The van der Waals surface area contributed by atoms with Crippen molar-refractivity contribution in [1.29, 1.82) is 0 Å². The van der Waals surface area contributed by atoms with Crippen molar-refractivity contribution >= 4 is 5.71 Å². The van der Waals surface area contributed by atoms with Gasteiger partial charge in [0.15, 0.2) is 0 Å². The van der Waals surface area contributed by atoms with E-state index in [1.807, 2.05) is 81.4 Å². The Kier molecular flexibility index (Phi) is 7.16. The number of nitrogens with zero attached hydrogens (tertiary/aromatic N) is 1. The van der Waals surface area contributed by atoms with Gasteiger partial charge in [0.2, 0.25) is 0 Å². The Balaban J connectivity index is 0.00000264. The zero-order valence-corrected chi connectivity index (χ0v) is 14.1. The quantitative estimate of drug-likeness (QED) is 0.469. The van der Waals surface area contributed by atoms with E-state index in [1.165, 1.54) is 6.20 Å². The summed E-state index contributed by atoms with van der Waals surface area (Å²) in [7, 11) is 0.